The molecule has 6 nitrogen and oxygen atoms in total. The highest BCUT2D eigenvalue weighted by molar-refractivity contribution is 5.92. The lowest BCUT2D eigenvalue weighted by Gasteiger charge is -2.34. The van der Waals surface area contributed by atoms with E-state index in [1.165, 1.54) is 6.07 Å². The maximum Gasteiger partial charge on any atom is 0.140 e. The molecule has 1 saturated carbocycles. The van der Waals surface area contributed by atoms with Gasteiger partial charge >= 0.3 is 0 Å². The van der Waals surface area contributed by atoms with Crippen molar-refractivity contribution in [2.24, 2.45) is 0 Å². The van der Waals surface area contributed by atoms with Crippen molar-refractivity contribution in [2.75, 3.05) is 50.2 Å². The molecular formula is C26H31FN4O2. The monoisotopic (exact) mass is 450 g/mol. The number of piperidine rings is 1. The van der Waals surface area contributed by atoms with Crippen LogP contribution in [0.25, 0.3) is 10.9 Å². The first-order valence-electron chi connectivity index (χ1n) is 11.8. The van der Waals surface area contributed by atoms with Crippen LogP contribution in [0.2, 0.25) is 0 Å². The number of hydrogen-bond donors (Lipinski definition) is 1. The second-order valence-electron chi connectivity index (χ2n) is 9.17. The van der Waals surface area contributed by atoms with Gasteiger partial charge in [-0.3, -0.25) is 0 Å². The first-order chi connectivity index (χ1) is 16.1. The second kappa shape index (κ2) is 9.14. The Morgan fingerprint density at radius 3 is 2.55 bits per heavy atom. The summed E-state index contributed by atoms with van der Waals surface area (Å²) < 4.78 is 19.4. The van der Waals surface area contributed by atoms with Crippen molar-refractivity contribution >= 4 is 22.4 Å². The molecule has 0 radical (unpaired) electrons. The van der Waals surface area contributed by atoms with Crippen LogP contribution >= 0.6 is 0 Å². The van der Waals surface area contributed by atoms with Crippen LogP contribution < -0.4 is 14.5 Å². The Morgan fingerprint density at radius 2 is 1.85 bits per heavy atom. The van der Waals surface area contributed by atoms with Crippen LogP contribution in [0.1, 0.15) is 48.9 Å². The number of ether oxygens (including phenoxy) is 1. The summed E-state index contributed by atoms with van der Waals surface area (Å²) in [6.45, 7) is 2.37. The van der Waals surface area contributed by atoms with Gasteiger partial charge in [0.1, 0.15) is 23.2 Å². The van der Waals surface area contributed by atoms with Gasteiger partial charge in [0.05, 0.1) is 19.2 Å². The molecule has 1 saturated heterocycles. The Hall–Kier alpha value is -2.93. The molecule has 0 spiro atoms. The molecule has 1 aliphatic carbocycles. The molecule has 0 bridgehead atoms. The Labute approximate surface area is 194 Å². The normalized spacial score (nSPS) is 16.9. The summed E-state index contributed by atoms with van der Waals surface area (Å²) in [6, 6.07) is 11.1. The van der Waals surface area contributed by atoms with Crippen LogP contribution in [0.5, 0.6) is 5.75 Å². The third kappa shape index (κ3) is 4.47. The number of nitrogens with zero attached hydrogens (tertiary/aromatic N) is 4. The van der Waals surface area contributed by atoms with Crippen LogP contribution in [-0.4, -0.2) is 55.5 Å². The third-order valence-electron chi connectivity index (χ3n) is 6.92. The molecule has 174 valence electrons. The van der Waals surface area contributed by atoms with E-state index in [-0.39, 0.29) is 18.3 Å². The fraction of sp³-hybridized carbons (Fsp3) is 0.462. The lowest BCUT2D eigenvalue weighted by Crippen LogP contribution is -2.34. The zero-order chi connectivity index (χ0) is 22.9. The van der Waals surface area contributed by atoms with Gasteiger partial charge in [0, 0.05) is 49.2 Å². The summed E-state index contributed by atoms with van der Waals surface area (Å²) in [5.74, 6) is 3.21. The highest BCUT2D eigenvalue weighted by Gasteiger charge is 2.30. The maximum absolute atomic E-state index is 13.9. The molecule has 33 heavy (non-hydrogen) atoms. The average molecular weight is 451 g/mol. The summed E-state index contributed by atoms with van der Waals surface area (Å²) in [5.41, 5.74) is 2.97. The molecule has 0 unspecified atom stereocenters. The largest absolute Gasteiger partial charge is 0.496 e. The Bertz CT molecular complexity index is 1140. The number of aromatic nitrogens is 2. The van der Waals surface area contributed by atoms with Gasteiger partial charge in [0.2, 0.25) is 0 Å². The van der Waals surface area contributed by atoms with Crippen molar-refractivity contribution < 1.29 is 14.2 Å². The number of halogens is 1. The molecule has 1 N–H and O–H groups in total. The van der Waals surface area contributed by atoms with Crippen molar-refractivity contribution in [2.45, 2.75) is 37.5 Å². The molecule has 7 heteroatoms. The molecule has 1 aliphatic heterocycles. The van der Waals surface area contributed by atoms with Gasteiger partial charge in [-0.1, -0.05) is 0 Å². The molecule has 2 heterocycles. The van der Waals surface area contributed by atoms with Crippen LogP contribution in [0.3, 0.4) is 0 Å². The number of rotatable bonds is 7. The van der Waals surface area contributed by atoms with Gasteiger partial charge < -0.3 is 19.6 Å². The van der Waals surface area contributed by atoms with Crippen molar-refractivity contribution in [1.82, 2.24) is 9.97 Å². The first-order valence-corrected chi connectivity index (χ1v) is 11.8. The number of hydrogen-bond acceptors (Lipinski definition) is 6. The summed E-state index contributed by atoms with van der Waals surface area (Å²) in [4.78, 5) is 14.3. The number of aliphatic hydroxyl groups excluding tert-OH is 1. The Morgan fingerprint density at radius 1 is 1.06 bits per heavy atom. The topological polar surface area (TPSA) is 61.7 Å². The molecule has 0 amide bonds. The Balaban J connectivity index is 1.45. The van der Waals surface area contributed by atoms with Crippen LogP contribution in [0.15, 0.2) is 36.4 Å². The predicted octanol–water partition coefficient (Wildman–Crippen LogP) is 4.47. The van der Waals surface area contributed by atoms with E-state index in [1.807, 2.05) is 11.9 Å². The first kappa shape index (κ1) is 21.9. The maximum atomic E-state index is 13.9. The predicted molar refractivity (Wildman–Crippen MR) is 129 cm³/mol. The van der Waals surface area contributed by atoms with Crippen molar-refractivity contribution in [1.29, 1.82) is 0 Å². The minimum Gasteiger partial charge on any atom is -0.496 e. The average Bonchev–Trinajstić information content (AvgIpc) is 3.69. The molecule has 2 fully saturated rings. The fourth-order valence-corrected chi connectivity index (χ4v) is 4.83. The van der Waals surface area contributed by atoms with E-state index >= 15 is 0 Å². The molecule has 5 rings (SSSR count). The van der Waals surface area contributed by atoms with E-state index in [2.05, 4.69) is 23.1 Å². The minimum absolute atomic E-state index is 0.107. The van der Waals surface area contributed by atoms with Crippen molar-refractivity contribution in [3.63, 3.8) is 0 Å². The fourth-order valence-electron chi connectivity index (χ4n) is 4.83. The summed E-state index contributed by atoms with van der Waals surface area (Å²) in [5, 5.41) is 10.4. The zero-order valence-corrected chi connectivity index (χ0v) is 19.3. The van der Waals surface area contributed by atoms with Gasteiger partial charge in [-0.25, -0.2) is 14.4 Å². The Kier molecular flexibility index (Phi) is 6.06. The number of fused-ring (bicyclic) bond motifs is 1. The second-order valence-corrected chi connectivity index (χ2v) is 9.17. The lowest BCUT2D eigenvalue weighted by atomic mass is 9.88. The van der Waals surface area contributed by atoms with E-state index in [0.29, 0.717) is 12.5 Å². The number of methoxy groups -OCH3 is 1. The van der Waals surface area contributed by atoms with Crippen LogP contribution in [0, 0.1) is 5.82 Å². The van der Waals surface area contributed by atoms with E-state index in [4.69, 9.17) is 14.7 Å². The molecule has 2 aromatic carbocycles. The molecule has 2 aliphatic rings. The highest BCUT2D eigenvalue weighted by Crippen LogP contribution is 2.41. The van der Waals surface area contributed by atoms with Gasteiger partial charge in [-0.05, 0) is 68.0 Å². The van der Waals surface area contributed by atoms with E-state index < -0.39 is 0 Å². The molecule has 3 aromatic rings. The van der Waals surface area contributed by atoms with Crippen LogP contribution in [0.4, 0.5) is 15.9 Å². The van der Waals surface area contributed by atoms with Gasteiger partial charge in [0.15, 0.2) is 0 Å². The minimum atomic E-state index is -0.219. The third-order valence-corrected chi connectivity index (χ3v) is 6.92. The standard InChI is InChI=1S/C26H31FN4O2/c1-30(13-14-32)20-6-7-23-22(16-20)26(29-25(28-23)18-3-4-18)31-11-9-17(10-12-31)21-15-19(27)5-8-24(21)33-2/h5-8,15-18,32H,3-4,9-14H2,1-2H3. The van der Waals surface area contributed by atoms with E-state index in [9.17, 15) is 9.50 Å². The van der Waals surface area contributed by atoms with Crippen LogP contribution in [-0.2, 0) is 0 Å². The molecule has 0 atom stereocenters. The molecular weight excluding hydrogens is 419 g/mol. The van der Waals surface area contributed by atoms with Gasteiger partial charge in [-0.2, -0.15) is 0 Å². The highest BCUT2D eigenvalue weighted by atomic mass is 19.1. The van der Waals surface area contributed by atoms with E-state index in [0.717, 1.165) is 78.3 Å². The smallest absolute Gasteiger partial charge is 0.140 e. The number of likely N-dealkylation sites (N-methyl/N-ethyl adjacent to an activating group) is 1. The van der Waals surface area contributed by atoms with E-state index in [1.54, 1.807) is 19.2 Å². The SMILES string of the molecule is COc1ccc(F)cc1C1CCN(c2nc(C3CC3)nc3ccc(N(C)CCO)cc23)CC1. The van der Waals surface area contributed by atoms with Gasteiger partial charge in [0.25, 0.3) is 0 Å². The number of aliphatic hydroxyl groups is 1. The number of anilines is 2. The quantitative estimate of drug-likeness (QED) is 0.573. The van der Waals surface area contributed by atoms with Crippen molar-refractivity contribution in [3.05, 3.63) is 53.6 Å². The molecule has 1 aromatic heterocycles. The number of benzene rings is 2. The zero-order valence-electron chi connectivity index (χ0n) is 19.3. The lowest BCUT2D eigenvalue weighted by molar-refractivity contribution is 0.304. The van der Waals surface area contributed by atoms with Crippen molar-refractivity contribution in [3.8, 4) is 5.75 Å². The summed E-state index contributed by atoms with van der Waals surface area (Å²) >= 11 is 0. The van der Waals surface area contributed by atoms with Gasteiger partial charge in [-0.15, -0.1) is 0 Å². The summed E-state index contributed by atoms with van der Waals surface area (Å²) in [7, 11) is 3.62. The summed E-state index contributed by atoms with van der Waals surface area (Å²) in [6.07, 6.45) is 4.13.